The number of fused-ring (bicyclic) bond motifs is 2. The molecule has 0 unspecified atom stereocenters. The second kappa shape index (κ2) is 11.5. The van der Waals surface area contributed by atoms with Crippen molar-refractivity contribution in [1.82, 2.24) is 14.8 Å². The van der Waals surface area contributed by atoms with Crippen molar-refractivity contribution < 1.29 is 0 Å². The molecule has 0 aliphatic carbocycles. The third kappa shape index (κ3) is 5.63. The van der Waals surface area contributed by atoms with Crippen molar-refractivity contribution >= 4 is 39.9 Å². The molecule has 1 fully saturated rings. The lowest BCUT2D eigenvalue weighted by atomic mass is 10.1. The maximum Gasteiger partial charge on any atom is 0.0730 e. The summed E-state index contributed by atoms with van der Waals surface area (Å²) >= 11 is 0. The standard InChI is InChI=1S/C25H34N4.ClH/c1-2-3-15-28-17-19-29(20-18-28)16-9-8-14-26-25-21-10-4-6-12-23(21)27-24-13-7-5-11-22(24)25;/h4-7,10-13H,2-3,8-9,14-20H2,1H3,(H,26,27);1H. The highest BCUT2D eigenvalue weighted by Crippen LogP contribution is 2.30. The summed E-state index contributed by atoms with van der Waals surface area (Å²) in [6, 6.07) is 16.9. The molecule has 0 radical (unpaired) electrons. The summed E-state index contributed by atoms with van der Waals surface area (Å²) in [6.07, 6.45) is 5.09. The molecule has 1 N–H and O–H groups in total. The lowest BCUT2D eigenvalue weighted by Crippen LogP contribution is -2.46. The monoisotopic (exact) mass is 426 g/mol. The molecule has 5 heteroatoms. The first-order valence-corrected chi connectivity index (χ1v) is 11.3. The molecule has 2 heterocycles. The highest BCUT2D eigenvalue weighted by molar-refractivity contribution is 6.07. The number of piperazine rings is 1. The molecule has 162 valence electrons. The minimum Gasteiger partial charge on any atom is -0.384 e. The Morgan fingerprint density at radius 2 is 1.30 bits per heavy atom. The molecule has 0 atom stereocenters. The Balaban J connectivity index is 0.00000256. The molecule has 1 aromatic heterocycles. The van der Waals surface area contributed by atoms with Crippen LogP contribution in [0.2, 0.25) is 0 Å². The second-order valence-electron chi connectivity index (χ2n) is 8.19. The SMILES string of the molecule is CCCCN1CCN(CCCCNc2c3ccccc3nc3ccccc23)CC1.Cl. The summed E-state index contributed by atoms with van der Waals surface area (Å²) in [5, 5.41) is 6.17. The van der Waals surface area contributed by atoms with Crippen LogP contribution in [0.5, 0.6) is 0 Å². The van der Waals surface area contributed by atoms with E-state index < -0.39 is 0 Å². The number of nitrogens with zero attached hydrogens (tertiary/aromatic N) is 3. The molecule has 4 rings (SSSR count). The van der Waals surface area contributed by atoms with E-state index in [1.807, 2.05) is 0 Å². The van der Waals surface area contributed by atoms with Crippen LogP contribution in [0.3, 0.4) is 0 Å². The summed E-state index contributed by atoms with van der Waals surface area (Å²) in [5.41, 5.74) is 3.36. The van der Waals surface area contributed by atoms with Crippen LogP contribution >= 0.6 is 12.4 Å². The van der Waals surface area contributed by atoms with Crippen LogP contribution in [0.1, 0.15) is 32.6 Å². The second-order valence-corrected chi connectivity index (χ2v) is 8.19. The van der Waals surface area contributed by atoms with Gasteiger partial charge in [-0.1, -0.05) is 49.7 Å². The fourth-order valence-electron chi connectivity index (χ4n) is 4.32. The van der Waals surface area contributed by atoms with Crippen molar-refractivity contribution in [1.29, 1.82) is 0 Å². The summed E-state index contributed by atoms with van der Waals surface area (Å²) in [4.78, 5) is 10.1. The van der Waals surface area contributed by atoms with Gasteiger partial charge < -0.3 is 15.1 Å². The number of aromatic nitrogens is 1. The van der Waals surface area contributed by atoms with Gasteiger partial charge in [0, 0.05) is 43.5 Å². The van der Waals surface area contributed by atoms with Gasteiger partial charge in [0.05, 0.1) is 16.7 Å². The molecule has 2 aromatic carbocycles. The van der Waals surface area contributed by atoms with Crippen LogP contribution in [0, 0.1) is 0 Å². The van der Waals surface area contributed by atoms with E-state index in [1.54, 1.807) is 0 Å². The number of anilines is 1. The highest BCUT2D eigenvalue weighted by atomic mass is 35.5. The molecule has 1 aliphatic heterocycles. The molecule has 0 amide bonds. The van der Waals surface area contributed by atoms with Gasteiger partial charge in [-0.25, -0.2) is 4.98 Å². The Bertz CT molecular complexity index is 867. The molecule has 4 nitrogen and oxygen atoms in total. The lowest BCUT2D eigenvalue weighted by Gasteiger charge is -2.34. The van der Waals surface area contributed by atoms with E-state index in [0.29, 0.717) is 0 Å². The lowest BCUT2D eigenvalue weighted by molar-refractivity contribution is 0.130. The maximum absolute atomic E-state index is 4.82. The minimum absolute atomic E-state index is 0. The van der Waals surface area contributed by atoms with Crippen LogP contribution in [0.4, 0.5) is 5.69 Å². The largest absolute Gasteiger partial charge is 0.384 e. The smallest absolute Gasteiger partial charge is 0.0730 e. The Morgan fingerprint density at radius 1 is 0.767 bits per heavy atom. The van der Waals surface area contributed by atoms with Gasteiger partial charge in [0.1, 0.15) is 0 Å². The molecule has 3 aromatic rings. The zero-order valence-corrected chi connectivity index (χ0v) is 19.0. The zero-order valence-electron chi connectivity index (χ0n) is 18.1. The minimum atomic E-state index is 0. The maximum atomic E-state index is 4.82. The first kappa shape index (κ1) is 22.8. The molecular formula is C25H35ClN4. The average Bonchev–Trinajstić information content (AvgIpc) is 2.77. The van der Waals surface area contributed by atoms with E-state index in [4.69, 9.17) is 4.98 Å². The predicted octanol–water partition coefficient (Wildman–Crippen LogP) is 5.42. The third-order valence-electron chi connectivity index (χ3n) is 6.08. The van der Waals surface area contributed by atoms with Crippen LogP contribution in [-0.2, 0) is 0 Å². The number of para-hydroxylation sites is 2. The van der Waals surface area contributed by atoms with Gasteiger partial charge in [0.15, 0.2) is 0 Å². The molecule has 1 aliphatic rings. The van der Waals surface area contributed by atoms with E-state index in [9.17, 15) is 0 Å². The van der Waals surface area contributed by atoms with Crippen LogP contribution < -0.4 is 5.32 Å². The van der Waals surface area contributed by atoms with Crippen molar-refractivity contribution in [3.63, 3.8) is 0 Å². The van der Waals surface area contributed by atoms with Crippen LogP contribution in [0.15, 0.2) is 48.5 Å². The van der Waals surface area contributed by atoms with Crippen molar-refractivity contribution in [3.8, 4) is 0 Å². The molecule has 1 saturated heterocycles. The van der Waals surface area contributed by atoms with Crippen LogP contribution in [-0.4, -0.2) is 60.6 Å². The molecular weight excluding hydrogens is 392 g/mol. The molecule has 0 bridgehead atoms. The van der Waals surface area contributed by atoms with Crippen LogP contribution in [0.25, 0.3) is 21.8 Å². The van der Waals surface area contributed by atoms with Gasteiger partial charge in [0.25, 0.3) is 0 Å². The number of unbranched alkanes of at least 4 members (excludes halogenated alkanes) is 2. The zero-order chi connectivity index (χ0) is 19.9. The van der Waals surface area contributed by atoms with Crippen molar-refractivity contribution in [2.24, 2.45) is 0 Å². The quantitative estimate of drug-likeness (QED) is 0.365. The van der Waals surface area contributed by atoms with E-state index in [1.165, 1.54) is 81.4 Å². The number of hydrogen-bond donors (Lipinski definition) is 1. The predicted molar refractivity (Wildman–Crippen MR) is 132 cm³/mol. The Kier molecular flexibility index (Phi) is 8.74. The number of rotatable bonds is 9. The van der Waals surface area contributed by atoms with Gasteiger partial charge in [0.2, 0.25) is 0 Å². The first-order chi connectivity index (χ1) is 14.3. The number of hydrogen-bond acceptors (Lipinski definition) is 4. The van der Waals surface area contributed by atoms with E-state index in [2.05, 4.69) is 70.6 Å². The molecule has 0 saturated carbocycles. The average molecular weight is 427 g/mol. The molecule has 30 heavy (non-hydrogen) atoms. The van der Waals surface area contributed by atoms with Gasteiger partial charge in [-0.2, -0.15) is 0 Å². The van der Waals surface area contributed by atoms with Crippen molar-refractivity contribution in [2.45, 2.75) is 32.6 Å². The van der Waals surface area contributed by atoms with Gasteiger partial charge >= 0.3 is 0 Å². The van der Waals surface area contributed by atoms with E-state index in [-0.39, 0.29) is 12.4 Å². The highest BCUT2D eigenvalue weighted by Gasteiger charge is 2.15. The molecule has 0 spiro atoms. The Morgan fingerprint density at radius 3 is 1.87 bits per heavy atom. The first-order valence-electron chi connectivity index (χ1n) is 11.3. The topological polar surface area (TPSA) is 31.4 Å². The van der Waals surface area contributed by atoms with Gasteiger partial charge in [-0.3, -0.25) is 0 Å². The summed E-state index contributed by atoms with van der Waals surface area (Å²) in [5.74, 6) is 0. The van der Waals surface area contributed by atoms with Crippen molar-refractivity contribution in [2.75, 3.05) is 51.1 Å². The fourth-order valence-corrected chi connectivity index (χ4v) is 4.32. The summed E-state index contributed by atoms with van der Waals surface area (Å²) in [6.45, 7) is 10.7. The summed E-state index contributed by atoms with van der Waals surface area (Å²) < 4.78 is 0. The number of halogens is 1. The normalized spacial score (nSPS) is 15.4. The van der Waals surface area contributed by atoms with E-state index in [0.717, 1.165) is 17.6 Å². The number of benzene rings is 2. The van der Waals surface area contributed by atoms with Gasteiger partial charge in [-0.15, -0.1) is 12.4 Å². The fraction of sp³-hybridized carbons (Fsp3) is 0.480. The Labute approximate surface area is 187 Å². The number of pyridine rings is 1. The Hall–Kier alpha value is -1.88. The third-order valence-corrected chi connectivity index (χ3v) is 6.08. The van der Waals surface area contributed by atoms with Crippen molar-refractivity contribution in [3.05, 3.63) is 48.5 Å². The number of nitrogens with one attached hydrogen (secondary N) is 1. The summed E-state index contributed by atoms with van der Waals surface area (Å²) in [7, 11) is 0. The van der Waals surface area contributed by atoms with Gasteiger partial charge in [-0.05, 0) is 44.5 Å². The van der Waals surface area contributed by atoms with E-state index >= 15 is 0 Å².